The van der Waals surface area contributed by atoms with Crippen molar-refractivity contribution in [2.45, 2.75) is 12.3 Å². The van der Waals surface area contributed by atoms with E-state index in [1.807, 2.05) is 24.3 Å². The van der Waals surface area contributed by atoms with E-state index in [1.54, 1.807) is 0 Å². The van der Waals surface area contributed by atoms with Crippen LogP contribution in [0.4, 0.5) is 22.4 Å². The van der Waals surface area contributed by atoms with Gasteiger partial charge in [0, 0.05) is 18.5 Å². The fourth-order valence-electron chi connectivity index (χ4n) is 4.60. The Labute approximate surface area is 257 Å². The Morgan fingerprint density at radius 2 is 1.16 bits per heavy atom. The summed E-state index contributed by atoms with van der Waals surface area (Å²) in [6.45, 7) is 2.18. The van der Waals surface area contributed by atoms with Crippen LogP contribution in [0.1, 0.15) is 23.5 Å². The molecule has 0 heterocycles. The summed E-state index contributed by atoms with van der Waals surface area (Å²) >= 11 is 0. The fraction of sp³-hybridized carbons (Fsp3) is 0.375. The Hall–Kier alpha value is -4.04. The molecule has 1 aliphatic carbocycles. The van der Waals surface area contributed by atoms with Crippen molar-refractivity contribution in [3.8, 4) is 16.9 Å². The molecule has 0 aliphatic heterocycles. The average molecular weight is 636 g/mol. The van der Waals surface area contributed by atoms with Crippen molar-refractivity contribution >= 4 is 12.1 Å². The topological polar surface area (TPSA) is 102 Å². The van der Waals surface area contributed by atoms with Crippen molar-refractivity contribution in [1.82, 2.24) is 5.32 Å². The van der Waals surface area contributed by atoms with E-state index in [0.29, 0.717) is 19.8 Å². The van der Waals surface area contributed by atoms with Gasteiger partial charge in [0.1, 0.15) is 6.61 Å². The van der Waals surface area contributed by atoms with Crippen LogP contribution < -0.4 is 10.1 Å². The number of esters is 1. The van der Waals surface area contributed by atoms with Gasteiger partial charge in [-0.25, -0.2) is 13.6 Å². The van der Waals surface area contributed by atoms with Crippen LogP contribution in [0.3, 0.4) is 0 Å². The SMILES string of the molecule is O=C(CCOCCOCCOCCOCCNC(=O)OCC1c2ccccc2-c2ccccc21)Oc1c(F)c(F)cc(F)c1F. The minimum Gasteiger partial charge on any atom is -0.449 e. The number of hydrogen-bond donors (Lipinski definition) is 1. The highest BCUT2D eigenvalue weighted by atomic mass is 19.2. The number of carbonyl (C=O) groups excluding carboxylic acids is 2. The van der Waals surface area contributed by atoms with Gasteiger partial charge < -0.3 is 33.7 Å². The van der Waals surface area contributed by atoms with E-state index in [1.165, 1.54) is 0 Å². The Bertz CT molecular complexity index is 1370. The van der Waals surface area contributed by atoms with E-state index >= 15 is 0 Å². The summed E-state index contributed by atoms with van der Waals surface area (Å²) in [5, 5.41) is 2.68. The van der Waals surface area contributed by atoms with Crippen LogP contribution in [0.2, 0.25) is 0 Å². The van der Waals surface area contributed by atoms with Crippen LogP contribution in [0.15, 0.2) is 54.6 Å². The molecule has 0 saturated carbocycles. The van der Waals surface area contributed by atoms with Gasteiger partial charge in [0.25, 0.3) is 0 Å². The summed E-state index contributed by atoms with van der Waals surface area (Å²) in [5.74, 6) is -9.52. The van der Waals surface area contributed by atoms with Crippen LogP contribution in [-0.2, 0) is 28.5 Å². The fourth-order valence-corrected chi connectivity index (χ4v) is 4.60. The number of halogens is 4. The summed E-state index contributed by atoms with van der Waals surface area (Å²) < 4.78 is 84.5. The zero-order chi connectivity index (χ0) is 32.0. The molecule has 1 amide bonds. The summed E-state index contributed by atoms with van der Waals surface area (Å²) in [4.78, 5) is 23.8. The van der Waals surface area contributed by atoms with Crippen molar-refractivity contribution in [2.75, 3.05) is 66.0 Å². The number of carbonyl (C=O) groups is 2. The van der Waals surface area contributed by atoms with Crippen LogP contribution in [0, 0.1) is 23.3 Å². The summed E-state index contributed by atoms with van der Waals surface area (Å²) in [6.07, 6.45) is -0.912. The van der Waals surface area contributed by atoms with Crippen molar-refractivity contribution in [1.29, 1.82) is 0 Å². The normalized spacial score (nSPS) is 12.1. The van der Waals surface area contributed by atoms with Gasteiger partial charge in [-0.15, -0.1) is 0 Å². The number of alkyl carbamates (subject to hydrolysis) is 1. The maximum atomic E-state index is 13.5. The summed E-state index contributed by atoms with van der Waals surface area (Å²) in [7, 11) is 0. The van der Waals surface area contributed by atoms with Gasteiger partial charge in [-0.1, -0.05) is 48.5 Å². The lowest BCUT2D eigenvalue weighted by atomic mass is 9.98. The summed E-state index contributed by atoms with van der Waals surface area (Å²) in [6, 6.07) is 16.3. The number of fused-ring (bicyclic) bond motifs is 3. The molecule has 45 heavy (non-hydrogen) atoms. The van der Waals surface area contributed by atoms with Gasteiger partial charge in [0.15, 0.2) is 11.6 Å². The molecule has 0 bridgehead atoms. The average Bonchev–Trinajstić information content (AvgIpc) is 3.36. The molecule has 1 aliphatic rings. The Kier molecular flexibility index (Phi) is 13.1. The number of nitrogens with one attached hydrogen (secondary N) is 1. The first kappa shape index (κ1) is 33.8. The van der Waals surface area contributed by atoms with Crippen molar-refractivity contribution in [3.05, 3.63) is 89.0 Å². The van der Waals surface area contributed by atoms with E-state index in [2.05, 4.69) is 34.3 Å². The first-order chi connectivity index (χ1) is 21.9. The number of amides is 1. The van der Waals surface area contributed by atoms with E-state index in [4.69, 9.17) is 23.7 Å². The second kappa shape index (κ2) is 17.4. The first-order valence-electron chi connectivity index (χ1n) is 14.3. The molecule has 9 nitrogen and oxygen atoms in total. The summed E-state index contributed by atoms with van der Waals surface area (Å²) in [5.41, 5.74) is 4.62. The van der Waals surface area contributed by atoms with Gasteiger partial charge in [-0.2, -0.15) is 8.78 Å². The van der Waals surface area contributed by atoms with Crippen molar-refractivity contribution < 1.29 is 55.6 Å². The Balaban J connectivity index is 0.941. The number of hydrogen-bond acceptors (Lipinski definition) is 8. The highest BCUT2D eigenvalue weighted by Crippen LogP contribution is 2.44. The van der Waals surface area contributed by atoms with Gasteiger partial charge in [-0.05, 0) is 22.3 Å². The van der Waals surface area contributed by atoms with Gasteiger partial charge in [-0.3, -0.25) is 4.79 Å². The second-order valence-electron chi connectivity index (χ2n) is 9.72. The predicted molar refractivity (Wildman–Crippen MR) is 153 cm³/mol. The van der Waals surface area contributed by atoms with Gasteiger partial charge >= 0.3 is 12.1 Å². The molecule has 13 heteroatoms. The highest BCUT2D eigenvalue weighted by Gasteiger charge is 2.29. The first-order valence-corrected chi connectivity index (χ1v) is 14.3. The lowest BCUT2D eigenvalue weighted by molar-refractivity contribution is -0.136. The van der Waals surface area contributed by atoms with E-state index in [9.17, 15) is 27.2 Å². The number of benzene rings is 3. The minimum atomic E-state index is -1.80. The van der Waals surface area contributed by atoms with Crippen LogP contribution in [0.5, 0.6) is 5.75 Å². The second-order valence-corrected chi connectivity index (χ2v) is 9.72. The zero-order valence-corrected chi connectivity index (χ0v) is 24.3. The van der Waals surface area contributed by atoms with Gasteiger partial charge in [0.05, 0.1) is 59.3 Å². The zero-order valence-electron chi connectivity index (χ0n) is 24.3. The third kappa shape index (κ3) is 9.72. The van der Waals surface area contributed by atoms with Crippen LogP contribution >= 0.6 is 0 Å². The third-order valence-electron chi connectivity index (χ3n) is 6.71. The van der Waals surface area contributed by atoms with Gasteiger partial charge in [0.2, 0.25) is 17.4 Å². The maximum absolute atomic E-state index is 13.5. The molecular weight excluding hydrogens is 602 g/mol. The smallest absolute Gasteiger partial charge is 0.407 e. The molecule has 0 aromatic heterocycles. The van der Waals surface area contributed by atoms with E-state index in [0.717, 1.165) is 22.3 Å². The highest BCUT2D eigenvalue weighted by molar-refractivity contribution is 5.79. The molecule has 1 N–H and O–H groups in total. The standard InChI is InChI=1S/C32H33F4NO8/c33-26-19-27(34)30(36)31(29(26)35)45-28(38)9-11-40-13-15-42-17-18-43-16-14-41-12-10-37-32(39)44-20-25-23-7-3-1-5-21(23)22-6-2-4-8-24(22)25/h1-8,19,25H,9-18,20H2,(H,37,39). The maximum Gasteiger partial charge on any atom is 0.407 e. The Morgan fingerprint density at radius 1 is 0.667 bits per heavy atom. The molecule has 0 spiro atoms. The monoisotopic (exact) mass is 635 g/mol. The molecule has 0 radical (unpaired) electrons. The third-order valence-corrected chi connectivity index (χ3v) is 6.71. The minimum absolute atomic E-state index is 0.00596. The Morgan fingerprint density at radius 3 is 1.71 bits per heavy atom. The number of ether oxygens (including phenoxy) is 6. The predicted octanol–water partition coefficient (Wildman–Crippen LogP) is 5.14. The largest absolute Gasteiger partial charge is 0.449 e. The molecule has 3 aromatic carbocycles. The molecule has 0 unspecified atom stereocenters. The molecule has 0 fully saturated rings. The van der Waals surface area contributed by atoms with E-state index in [-0.39, 0.29) is 58.2 Å². The quantitative estimate of drug-likeness (QED) is 0.0674. The molecule has 0 saturated heterocycles. The van der Waals surface area contributed by atoms with Crippen LogP contribution in [-0.4, -0.2) is 78.1 Å². The van der Waals surface area contributed by atoms with Crippen molar-refractivity contribution in [2.24, 2.45) is 0 Å². The molecular formula is C32H33F4NO8. The number of rotatable bonds is 18. The molecule has 0 atom stereocenters. The van der Waals surface area contributed by atoms with E-state index < -0.39 is 47.5 Å². The van der Waals surface area contributed by atoms with Crippen LogP contribution in [0.25, 0.3) is 11.1 Å². The molecule has 242 valence electrons. The molecule has 3 aromatic rings. The molecule has 4 rings (SSSR count). The lowest BCUT2D eigenvalue weighted by Crippen LogP contribution is -2.29. The lowest BCUT2D eigenvalue weighted by Gasteiger charge is -2.14. The van der Waals surface area contributed by atoms with Crippen molar-refractivity contribution in [3.63, 3.8) is 0 Å².